The summed E-state index contributed by atoms with van der Waals surface area (Å²) in [5.74, 6) is 1.55. The SMILES string of the molecule is CCNC(=NCc1cc(C(=O)OC)c(C)o1)NCC1(CCOC)CCC1.I. The Hall–Kier alpha value is -1.29. The van der Waals surface area contributed by atoms with Crippen molar-refractivity contribution in [3.05, 3.63) is 23.2 Å². The van der Waals surface area contributed by atoms with E-state index in [9.17, 15) is 4.79 Å². The number of carbonyl (C=O) groups excluding carboxylic acids is 1. The number of rotatable bonds is 9. The van der Waals surface area contributed by atoms with Gasteiger partial charge in [0.25, 0.3) is 0 Å². The monoisotopic (exact) mass is 493 g/mol. The molecule has 1 saturated carbocycles. The van der Waals surface area contributed by atoms with E-state index in [4.69, 9.17) is 13.9 Å². The fourth-order valence-electron chi connectivity index (χ4n) is 3.21. The predicted molar refractivity (Wildman–Crippen MR) is 116 cm³/mol. The lowest BCUT2D eigenvalue weighted by Crippen LogP contribution is -2.46. The molecule has 1 aliphatic carbocycles. The minimum absolute atomic E-state index is 0. The van der Waals surface area contributed by atoms with E-state index in [0.717, 1.165) is 32.1 Å². The predicted octanol–water partition coefficient (Wildman–Crippen LogP) is 3.25. The summed E-state index contributed by atoms with van der Waals surface area (Å²) in [7, 11) is 3.11. The average Bonchev–Trinajstić information content (AvgIpc) is 2.98. The smallest absolute Gasteiger partial charge is 0.341 e. The van der Waals surface area contributed by atoms with Crippen molar-refractivity contribution in [2.75, 3.05) is 33.9 Å². The Balaban J connectivity index is 0.00000364. The van der Waals surface area contributed by atoms with Crippen molar-refractivity contribution < 1.29 is 18.7 Å². The minimum Gasteiger partial charge on any atom is -0.465 e. The van der Waals surface area contributed by atoms with Crippen LogP contribution < -0.4 is 10.6 Å². The molecule has 1 aliphatic rings. The van der Waals surface area contributed by atoms with Gasteiger partial charge in [-0.05, 0) is 44.6 Å². The van der Waals surface area contributed by atoms with E-state index in [-0.39, 0.29) is 24.0 Å². The molecule has 8 heteroatoms. The Kier molecular flexibility index (Phi) is 10.1. The summed E-state index contributed by atoms with van der Waals surface area (Å²) >= 11 is 0. The van der Waals surface area contributed by atoms with Crippen LogP contribution in [-0.2, 0) is 16.0 Å². The summed E-state index contributed by atoms with van der Waals surface area (Å²) in [4.78, 5) is 16.3. The number of nitrogens with one attached hydrogen (secondary N) is 2. The number of nitrogens with zero attached hydrogens (tertiary/aromatic N) is 1. The van der Waals surface area contributed by atoms with Crippen molar-refractivity contribution in [3.63, 3.8) is 0 Å². The zero-order chi connectivity index (χ0) is 19.0. The molecule has 2 N–H and O–H groups in total. The lowest BCUT2D eigenvalue weighted by atomic mass is 9.67. The molecule has 0 unspecified atom stereocenters. The van der Waals surface area contributed by atoms with Crippen LogP contribution in [-0.4, -0.2) is 45.8 Å². The van der Waals surface area contributed by atoms with Crippen LogP contribution >= 0.6 is 24.0 Å². The van der Waals surface area contributed by atoms with Crippen LogP contribution in [0.15, 0.2) is 15.5 Å². The average molecular weight is 493 g/mol. The molecule has 27 heavy (non-hydrogen) atoms. The number of aryl methyl sites for hydroxylation is 1. The first kappa shape index (κ1) is 23.7. The standard InChI is InChI=1S/C19H31N3O4.HI/c1-5-20-18(22-13-19(7-6-8-19)9-10-24-3)21-12-15-11-16(14(2)26-15)17(23)25-4;/h11H,5-10,12-13H2,1-4H3,(H2,20,21,22);1H. The van der Waals surface area contributed by atoms with Crippen LogP contribution in [0.25, 0.3) is 0 Å². The fourth-order valence-corrected chi connectivity index (χ4v) is 3.21. The number of ether oxygens (including phenoxy) is 2. The molecule has 1 heterocycles. The van der Waals surface area contributed by atoms with Gasteiger partial charge in [-0.25, -0.2) is 9.79 Å². The Labute approximate surface area is 178 Å². The molecule has 154 valence electrons. The van der Waals surface area contributed by atoms with Gasteiger partial charge in [0.2, 0.25) is 0 Å². The molecular weight excluding hydrogens is 461 g/mol. The van der Waals surface area contributed by atoms with Crippen molar-refractivity contribution in [2.45, 2.75) is 46.1 Å². The van der Waals surface area contributed by atoms with E-state index in [1.54, 1.807) is 20.1 Å². The molecule has 0 spiro atoms. The van der Waals surface area contributed by atoms with E-state index in [0.29, 0.717) is 29.0 Å². The topological polar surface area (TPSA) is 85.1 Å². The molecular formula is C19H32IN3O4. The maximum absolute atomic E-state index is 11.7. The van der Waals surface area contributed by atoms with E-state index >= 15 is 0 Å². The van der Waals surface area contributed by atoms with Gasteiger partial charge in [0.05, 0.1) is 7.11 Å². The van der Waals surface area contributed by atoms with E-state index < -0.39 is 5.97 Å². The van der Waals surface area contributed by atoms with Crippen molar-refractivity contribution in [3.8, 4) is 0 Å². The van der Waals surface area contributed by atoms with Crippen LogP contribution in [0.5, 0.6) is 0 Å². The molecule has 0 aromatic carbocycles. The number of guanidine groups is 1. The van der Waals surface area contributed by atoms with Gasteiger partial charge in [-0.1, -0.05) is 6.42 Å². The van der Waals surface area contributed by atoms with Crippen LogP contribution in [0.1, 0.15) is 54.5 Å². The number of carbonyl (C=O) groups is 1. The van der Waals surface area contributed by atoms with E-state index in [2.05, 4.69) is 15.6 Å². The number of methoxy groups -OCH3 is 2. The Morgan fingerprint density at radius 2 is 2.07 bits per heavy atom. The quantitative estimate of drug-likeness (QED) is 0.238. The molecule has 1 aromatic rings. The second-order valence-corrected chi connectivity index (χ2v) is 6.82. The number of aliphatic imine (C=N–C) groups is 1. The summed E-state index contributed by atoms with van der Waals surface area (Å²) in [5, 5.41) is 6.71. The normalized spacial score (nSPS) is 15.5. The first-order valence-electron chi connectivity index (χ1n) is 9.22. The molecule has 0 radical (unpaired) electrons. The molecule has 7 nitrogen and oxygen atoms in total. The van der Waals surface area contributed by atoms with Gasteiger partial charge in [0, 0.05) is 26.8 Å². The van der Waals surface area contributed by atoms with Crippen LogP contribution in [0.3, 0.4) is 0 Å². The van der Waals surface area contributed by atoms with Crippen molar-refractivity contribution in [2.24, 2.45) is 10.4 Å². The van der Waals surface area contributed by atoms with Crippen LogP contribution in [0.2, 0.25) is 0 Å². The highest BCUT2D eigenvalue weighted by molar-refractivity contribution is 14.0. The molecule has 0 atom stereocenters. The van der Waals surface area contributed by atoms with Gasteiger partial charge in [-0.15, -0.1) is 24.0 Å². The minimum atomic E-state index is -0.392. The fraction of sp³-hybridized carbons (Fsp3) is 0.684. The summed E-state index contributed by atoms with van der Waals surface area (Å²) in [6.07, 6.45) is 4.79. The molecule has 0 amide bonds. The van der Waals surface area contributed by atoms with Crippen LogP contribution in [0, 0.1) is 12.3 Å². The maximum atomic E-state index is 11.7. The third-order valence-corrected chi connectivity index (χ3v) is 4.99. The second kappa shape index (κ2) is 11.5. The lowest BCUT2D eigenvalue weighted by Gasteiger charge is -2.42. The van der Waals surface area contributed by atoms with E-state index in [1.807, 2.05) is 6.92 Å². The highest BCUT2D eigenvalue weighted by Crippen LogP contribution is 2.43. The van der Waals surface area contributed by atoms with Crippen molar-refractivity contribution in [1.82, 2.24) is 10.6 Å². The van der Waals surface area contributed by atoms with Gasteiger partial charge < -0.3 is 24.5 Å². The largest absolute Gasteiger partial charge is 0.465 e. The molecule has 1 aromatic heterocycles. The Morgan fingerprint density at radius 3 is 2.63 bits per heavy atom. The zero-order valence-electron chi connectivity index (χ0n) is 16.7. The molecule has 2 rings (SSSR count). The summed E-state index contributed by atoms with van der Waals surface area (Å²) in [6, 6.07) is 1.69. The highest BCUT2D eigenvalue weighted by atomic mass is 127. The number of hydrogen-bond donors (Lipinski definition) is 2. The van der Waals surface area contributed by atoms with Crippen molar-refractivity contribution in [1.29, 1.82) is 0 Å². The van der Waals surface area contributed by atoms with Gasteiger partial charge in [-0.2, -0.15) is 0 Å². The highest BCUT2D eigenvalue weighted by Gasteiger charge is 2.36. The third kappa shape index (κ3) is 6.67. The molecule has 1 fully saturated rings. The van der Waals surface area contributed by atoms with E-state index in [1.165, 1.54) is 26.4 Å². The first-order valence-corrected chi connectivity index (χ1v) is 9.22. The van der Waals surface area contributed by atoms with Crippen molar-refractivity contribution >= 4 is 35.9 Å². The molecule has 0 aliphatic heterocycles. The Morgan fingerprint density at radius 1 is 1.33 bits per heavy atom. The molecule has 0 saturated heterocycles. The zero-order valence-corrected chi connectivity index (χ0v) is 19.1. The maximum Gasteiger partial charge on any atom is 0.341 e. The van der Waals surface area contributed by atoms with Gasteiger partial charge >= 0.3 is 5.97 Å². The number of hydrogen-bond acceptors (Lipinski definition) is 5. The first-order chi connectivity index (χ1) is 12.5. The third-order valence-electron chi connectivity index (χ3n) is 4.99. The molecule has 0 bridgehead atoms. The lowest BCUT2D eigenvalue weighted by molar-refractivity contribution is 0.0598. The van der Waals surface area contributed by atoms with Crippen LogP contribution in [0.4, 0.5) is 0 Å². The number of furan rings is 1. The second-order valence-electron chi connectivity index (χ2n) is 6.82. The van der Waals surface area contributed by atoms with Gasteiger partial charge in [-0.3, -0.25) is 0 Å². The van der Waals surface area contributed by atoms with Gasteiger partial charge in [0.1, 0.15) is 23.6 Å². The van der Waals surface area contributed by atoms with Gasteiger partial charge in [0.15, 0.2) is 5.96 Å². The summed E-state index contributed by atoms with van der Waals surface area (Å²) in [5.41, 5.74) is 0.759. The number of halogens is 1. The summed E-state index contributed by atoms with van der Waals surface area (Å²) < 4.78 is 15.6. The Bertz CT molecular complexity index is 626. The number of esters is 1. The summed E-state index contributed by atoms with van der Waals surface area (Å²) in [6.45, 7) is 6.59.